The molecule has 5 N–H and O–H groups in total. The number of hydrogen-bond acceptors (Lipinski definition) is 6. The Bertz CT molecular complexity index is 1200. The predicted molar refractivity (Wildman–Crippen MR) is 108 cm³/mol. The molecule has 0 saturated carbocycles. The minimum atomic E-state index is -4.11. The molecule has 0 amide bonds. The number of imidazole rings is 1. The van der Waals surface area contributed by atoms with Crippen LogP contribution in [-0.4, -0.2) is 42.0 Å². The van der Waals surface area contributed by atoms with Crippen LogP contribution >= 0.6 is 7.60 Å². The number of fused-ring (bicyclic) bond motifs is 2. The number of benzene rings is 2. The van der Waals surface area contributed by atoms with Gasteiger partial charge in [-0.25, -0.2) is 15.0 Å². The van der Waals surface area contributed by atoms with Crippen LogP contribution in [0.5, 0.6) is 0 Å². The third-order valence-corrected chi connectivity index (χ3v) is 5.21. The van der Waals surface area contributed by atoms with Crippen molar-refractivity contribution in [3.8, 4) is 0 Å². The van der Waals surface area contributed by atoms with E-state index in [0.717, 1.165) is 16.3 Å². The lowest BCUT2D eigenvalue weighted by Gasteiger charge is -2.11. The summed E-state index contributed by atoms with van der Waals surface area (Å²) in [4.78, 5) is 30.9. The summed E-state index contributed by atoms with van der Waals surface area (Å²) in [7, 11) is -4.11. The zero-order valence-electron chi connectivity index (χ0n) is 14.9. The fourth-order valence-electron chi connectivity index (χ4n) is 3.07. The highest BCUT2D eigenvalue weighted by molar-refractivity contribution is 7.51. The quantitative estimate of drug-likeness (QED) is 0.363. The van der Waals surface area contributed by atoms with Crippen LogP contribution in [0.2, 0.25) is 0 Å². The monoisotopic (exact) mass is 398 g/mol. The first-order valence-corrected chi connectivity index (χ1v) is 10.4. The summed E-state index contributed by atoms with van der Waals surface area (Å²) in [5.74, 6) is 0.684. The number of nitrogens with one attached hydrogen (secondary N) is 1. The molecule has 144 valence electrons. The van der Waals surface area contributed by atoms with Gasteiger partial charge in [0.05, 0.1) is 12.7 Å². The van der Waals surface area contributed by atoms with E-state index in [4.69, 9.17) is 15.5 Å². The Morgan fingerprint density at radius 1 is 1.11 bits per heavy atom. The Balaban J connectivity index is 1.71. The largest absolute Gasteiger partial charge is 0.382 e. The van der Waals surface area contributed by atoms with Crippen molar-refractivity contribution in [2.24, 2.45) is 0 Å². The molecule has 28 heavy (non-hydrogen) atoms. The highest BCUT2D eigenvalue weighted by atomic mass is 31.2. The number of nitrogens with two attached hydrogens (primary N) is 1. The molecule has 2 aromatic carbocycles. The van der Waals surface area contributed by atoms with Crippen LogP contribution in [0.15, 0.2) is 48.8 Å². The SMILES string of the molecule is Nc1ncnc2c1nc(NCCP(=O)(O)O)n2Cc1ccc2ccccc2c1. The maximum absolute atomic E-state index is 11.1. The van der Waals surface area contributed by atoms with Crippen molar-refractivity contribution in [2.75, 3.05) is 23.8 Å². The first kappa shape index (κ1) is 18.4. The molecular formula is C18H19N6O3P. The van der Waals surface area contributed by atoms with Crippen LogP contribution in [0.4, 0.5) is 11.8 Å². The van der Waals surface area contributed by atoms with Crippen molar-refractivity contribution in [3.63, 3.8) is 0 Å². The minimum Gasteiger partial charge on any atom is -0.382 e. The maximum atomic E-state index is 11.1. The van der Waals surface area contributed by atoms with E-state index in [2.05, 4.69) is 32.4 Å². The van der Waals surface area contributed by atoms with Crippen LogP contribution in [0.3, 0.4) is 0 Å². The van der Waals surface area contributed by atoms with Crippen molar-refractivity contribution < 1.29 is 14.4 Å². The molecule has 10 heteroatoms. The molecule has 0 aliphatic rings. The average Bonchev–Trinajstić information content (AvgIpc) is 3.00. The van der Waals surface area contributed by atoms with Gasteiger partial charge < -0.3 is 20.8 Å². The van der Waals surface area contributed by atoms with Crippen LogP contribution < -0.4 is 11.1 Å². The van der Waals surface area contributed by atoms with Gasteiger partial charge >= 0.3 is 7.60 Å². The fourth-order valence-corrected chi connectivity index (χ4v) is 3.47. The van der Waals surface area contributed by atoms with Crippen molar-refractivity contribution in [2.45, 2.75) is 6.54 Å². The first-order valence-electron chi connectivity index (χ1n) is 8.63. The summed E-state index contributed by atoms with van der Waals surface area (Å²) in [5, 5.41) is 5.25. The summed E-state index contributed by atoms with van der Waals surface area (Å²) in [5.41, 5.74) is 7.96. The summed E-state index contributed by atoms with van der Waals surface area (Å²) in [6, 6.07) is 14.2. The van der Waals surface area contributed by atoms with E-state index < -0.39 is 7.60 Å². The Morgan fingerprint density at radius 2 is 1.89 bits per heavy atom. The van der Waals surface area contributed by atoms with Gasteiger partial charge in [-0.15, -0.1) is 0 Å². The molecule has 4 rings (SSSR count). The van der Waals surface area contributed by atoms with Crippen molar-refractivity contribution in [1.29, 1.82) is 0 Å². The molecule has 0 bridgehead atoms. The van der Waals surface area contributed by atoms with Crippen LogP contribution in [0.25, 0.3) is 21.9 Å². The van der Waals surface area contributed by atoms with Gasteiger partial charge in [0, 0.05) is 6.54 Å². The number of nitrogens with zero attached hydrogens (tertiary/aromatic N) is 4. The Morgan fingerprint density at radius 3 is 2.68 bits per heavy atom. The molecule has 0 fully saturated rings. The topological polar surface area (TPSA) is 139 Å². The molecule has 0 radical (unpaired) electrons. The normalized spacial score (nSPS) is 11.9. The van der Waals surface area contributed by atoms with Gasteiger partial charge in [0.1, 0.15) is 6.33 Å². The molecule has 0 spiro atoms. The van der Waals surface area contributed by atoms with Gasteiger partial charge in [-0.1, -0.05) is 36.4 Å². The maximum Gasteiger partial charge on any atom is 0.327 e. The zero-order chi connectivity index (χ0) is 19.7. The van der Waals surface area contributed by atoms with Crippen LogP contribution in [-0.2, 0) is 11.1 Å². The standard InChI is InChI=1S/C18H19N6O3P/c19-16-15-17(22-11-21-16)24(18(23-15)20-7-8-28(25,26)27)10-12-5-6-13-3-1-2-4-14(13)9-12/h1-6,9,11H,7-8,10H2,(H,20,23)(H2,19,21,22)(H2,25,26,27). The van der Waals surface area contributed by atoms with Gasteiger partial charge in [0.15, 0.2) is 17.0 Å². The van der Waals surface area contributed by atoms with Gasteiger partial charge in [-0.3, -0.25) is 9.13 Å². The Hall–Kier alpha value is -3.00. The second-order valence-electron chi connectivity index (χ2n) is 6.45. The lowest BCUT2D eigenvalue weighted by atomic mass is 10.1. The first-order chi connectivity index (χ1) is 13.4. The molecule has 0 aliphatic carbocycles. The predicted octanol–water partition coefficient (Wildman–Crippen LogP) is 2.20. The van der Waals surface area contributed by atoms with E-state index >= 15 is 0 Å². The Labute approximate surface area is 160 Å². The number of hydrogen-bond donors (Lipinski definition) is 4. The van der Waals surface area contributed by atoms with Gasteiger partial charge in [0.2, 0.25) is 5.95 Å². The van der Waals surface area contributed by atoms with Crippen molar-refractivity contribution in [3.05, 3.63) is 54.4 Å². The third kappa shape index (κ3) is 3.82. The molecule has 0 saturated heterocycles. The molecule has 4 aromatic rings. The second-order valence-corrected chi connectivity index (χ2v) is 8.23. The van der Waals surface area contributed by atoms with E-state index in [1.807, 2.05) is 34.9 Å². The van der Waals surface area contributed by atoms with E-state index in [0.29, 0.717) is 23.7 Å². The van der Waals surface area contributed by atoms with E-state index in [1.54, 1.807) is 0 Å². The third-order valence-electron chi connectivity index (χ3n) is 4.40. The van der Waals surface area contributed by atoms with Crippen LogP contribution in [0, 0.1) is 0 Å². The number of nitrogen functional groups attached to an aromatic ring is 1. The van der Waals surface area contributed by atoms with Gasteiger partial charge in [-0.2, -0.15) is 0 Å². The van der Waals surface area contributed by atoms with Gasteiger partial charge in [0.25, 0.3) is 0 Å². The summed E-state index contributed by atoms with van der Waals surface area (Å²) < 4.78 is 13.0. The van der Waals surface area contributed by atoms with Gasteiger partial charge in [-0.05, 0) is 22.4 Å². The van der Waals surface area contributed by atoms with Crippen LogP contribution in [0.1, 0.15) is 5.56 Å². The molecular weight excluding hydrogens is 379 g/mol. The van der Waals surface area contributed by atoms with E-state index in [-0.39, 0.29) is 18.5 Å². The van der Waals surface area contributed by atoms with Crippen molar-refractivity contribution in [1.82, 2.24) is 19.5 Å². The molecule has 2 aromatic heterocycles. The minimum absolute atomic E-state index is 0.0681. The number of aromatic nitrogens is 4. The fraction of sp³-hybridized carbons (Fsp3) is 0.167. The van der Waals surface area contributed by atoms with E-state index in [1.165, 1.54) is 6.33 Å². The lowest BCUT2D eigenvalue weighted by Crippen LogP contribution is -2.12. The molecule has 9 nitrogen and oxygen atoms in total. The second kappa shape index (κ2) is 7.20. The van der Waals surface area contributed by atoms with E-state index in [9.17, 15) is 4.57 Å². The summed E-state index contributed by atoms with van der Waals surface area (Å²) in [6.45, 7) is 0.536. The smallest absolute Gasteiger partial charge is 0.327 e. The highest BCUT2D eigenvalue weighted by Gasteiger charge is 2.17. The summed E-state index contributed by atoms with van der Waals surface area (Å²) >= 11 is 0. The molecule has 0 aliphatic heterocycles. The lowest BCUT2D eigenvalue weighted by molar-refractivity contribution is 0.374. The average molecular weight is 398 g/mol. The summed E-state index contributed by atoms with van der Waals surface area (Å²) in [6.07, 6.45) is 1.07. The number of rotatable bonds is 6. The van der Waals surface area contributed by atoms with Crippen molar-refractivity contribution >= 4 is 41.3 Å². The Kier molecular flexibility index (Phi) is 4.72. The highest BCUT2D eigenvalue weighted by Crippen LogP contribution is 2.33. The molecule has 0 atom stereocenters. The zero-order valence-corrected chi connectivity index (χ0v) is 15.8. The molecule has 0 unspecified atom stereocenters. The molecule has 2 heterocycles. The number of anilines is 2.